The fraction of sp³-hybridized carbons (Fsp3) is 0.735. The van der Waals surface area contributed by atoms with Crippen LogP contribution < -0.4 is 4.74 Å². The van der Waals surface area contributed by atoms with Crippen LogP contribution in [0.4, 0.5) is 4.79 Å². The van der Waals surface area contributed by atoms with E-state index in [0.29, 0.717) is 50.9 Å². The number of ether oxygens (including phenoxy) is 6. The van der Waals surface area contributed by atoms with Crippen molar-refractivity contribution in [3.8, 4) is 5.75 Å². The van der Waals surface area contributed by atoms with Gasteiger partial charge in [-0.2, -0.15) is 0 Å². The Morgan fingerprint density at radius 1 is 1.11 bits per heavy atom. The molecule has 0 saturated carbocycles. The average molecular weight is 617 g/mol. The van der Waals surface area contributed by atoms with Gasteiger partial charge in [-0.3, -0.25) is 4.90 Å². The lowest BCUT2D eigenvalue weighted by Crippen LogP contribution is -2.50. The molecule has 44 heavy (non-hydrogen) atoms. The molecule has 0 spiro atoms. The number of aliphatic hydroxyl groups excluding tert-OH is 1. The Morgan fingerprint density at radius 3 is 2.64 bits per heavy atom. The van der Waals surface area contributed by atoms with E-state index in [1.165, 1.54) is 5.56 Å². The summed E-state index contributed by atoms with van der Waals surface area (Å²) in [7, 11) is 1.64. The number of carbonyl (C=O) groups excluding carboxylic acids is 1. The van der Waals surface area contributed by atoms with Crippen molar-refractivity contribution >= 4 is 17.0 Å². The van der Waals surface area contributed by atoms with Gasteiger partial charge in [0.25, 0.3) is 0 Å². The standard InChI is InChI=1S/C34H52N2O8/c1-5-24(3)32-29-19-23(2)21-35(32)12-11-27-28-20-25(43-31-8-6-7-26(22-37)44-31)9-10-30(28)36(33(27)29)34(38)42-18-17-41-16-15-40-14-13-39-4/h9-10,20,23-24,26,29,31-32,37H,5-8,11-19,21-22H2,1-4H3/t23-,24?,26?,29?,31?,32?/m0/s1. The topological polar surface area (TPSA) is 101 Å². The fourth-order valence-electron chi connectivity index (χ4n) is 7.42. The summed E-state index contributed by atoms with van der Waals surface area (Å²) in [6, 6.07) is 6.36. The summed E-state index contributed by atoms with van der Waals surface area (Å²) in [6.45, 7) is 11.4. The van der Waals surface area contributed by atoms with Gasteiger partial charge in [0, 0.05) is 49.7 Å². The highest BCUT2D eigenvalue weighted by Gasteiger charge is 2.44. The van der Waals surface area contributed by atoms with Gasteiger partial charge in [0.1, 0.15) is 12.4 Å². The molecule has 246 valence electrons. The highest BCUT2D eigenvalue weighted by Crippen LogP contribution is 2.46. The third-order valence-corrected chi connectivity index (χ3v) is 9.57. The number of hydrogen-bond donors (Lipinski definition) is 1. The van der Waals surface area contributed by atoms with Gasteiger partial charge < -0.3 is 33.5 Å². The van der Waals surface area contributed by atoms with Crippen molar-refractivity contribution in [2.75, 3.05) is 66.4 Å². The van der Waals surface area contributed by atoms with Gasteiger partial charge in [0.15, 0.2) is 6.29 Å². The SMILES string of the molecule is CCC(C)C1C2C[C@H](C)CN1CCc1c2n(C(=O)OCCOCCOCCOC)c2ccc(OC3CCCC(CO)O3)cc12. The molecule has 0 amide bonds. The van der Waals surface area contributed by atoms with Gasteiger partial charge in [0.05, 0.1) is 51.3 Å². The third kappa shape index (κ3) is 7.59. The quantitative estimate of drug-likeness (QED) is 0.295. The Bertz CT molecular complexity index is 1220. The summed E-state index contributed by atoms with van der Waals surface area (Å²) in [5.74, 6) is 1.98. The summed E-state index contributed by atoms with van der Waals surface area (Å²) in [6.07, 6.45) is 4.63. The predicted octanol–water partition coefficient (Wildman–Crippen LogP) is 4.97. The maximum Gasteiger partial charge on any atom is 0.418 e. The Morgan fingerprint density at radius 2 is 1.89 bits per heavy atom. The second kappa shape index (κ2) is 15.9. The van der Waals surface area contributed by atoms with Crippen LogP contribution >= 0.6 is 0 Å². The van der Waals surface area contributed by atoms with Gasteiger partial charge in [-0.05, 0) is 61.3 Å². The molecule has 7 atom stereocenters. The first-order chi connectivity index (χ1) is 21.4. The van der Waals surface area contributed by atoms with E-state index in [4.69, 9.17) is 28.4 Å². The number of benzene rings is 1. The van der Waals surface area contributed by atoms with Crippen molar-refractivity contribution in [3.63, 3.8) is 0 Å². The molecule has 0 radical (unpaired) electrons. The molecule has 2 fully saturated rings. The van der Waals surface area contributed by atoms with E-state index in [1.54, 1.807) is 7.11 Å². The molecule has 2 aromatic rings. The summed E-state index contributed by atoms with van der Waals surface area (Å²) < 4.78 is 36.0. The molecule has 5 rings (SSSR count). The number of fused-ring (bicyclic) bond motifs is 6. The minimum atomic E-state index is -0.393. The van der Waals surface area contributed by atoms with Crippen LogP contribution in [0.2, 0.25) is 0 Å². The maximum atomic E-state index is 13.9. The molecule has 3 aliphatic rings. The zero-order valence-corrected chi connectivity index (χ0v) is 27.0. The number of rotatable bonds is 14. The van der Waals surface area contributed by atoms with Crippen LogP contribution in [-0.2, 0) is 30.1 Å². The van der Waals surface area contributed by atoms with Gasteiger partial charge in [0.2, 0.25) is 0 Å². The molecule has 0 aliphatic carbocycles. The molecule has 6 unspecified atom stereocenters. The fourth-order valence-corrected chi connectivity index (χ4v) is 7.42. The Labute approximate surface area is 261 Å². The van der Waals surface area contributed by atoms with Crippen LogP contribution in [-0.4, -0.2) is 106 Å². The number of hydrogen-bond acceptors (Lipinski definition) is 9. The third-order valence-electron chi connectivity index (χ3n) is 9.57. The monoisotopic (exact) mass is 616 g/mol. The number of aromatic nitrogens is 1. The molecule has 2 bridgehead atoms. The van der Waals surface area contributed by atoms with Crippen LogP contribution in [0.3, 0.4) is 0 Å². The predicted molar refractivity (Wildman–Crippen MR) is 167 cm³/mol. The Kier molecular flexibility index (Phi) is 12.0. The zero-order valence-electron chi connectivity index (χ0n) is 27.0. The first kappa shape index (κ1) is 33.2. The normalized spacial score (nSPS) is 27.5. The van der Waals surface area contributed by atoms with E-state index >= 15 is 0 Å². The molecule has 1 aromatic carbocycles. The van der Waals surface area contributed by atoms with E-state index in [0.717, 1.165) is 74.0 Å². The number of methoxy groups -OCH3 is 1. The minimum Gasteiger partial charge on any atom is -0.465 e. The van der Waals surface area contributed by atoms with E-state index in [2.05, 4.69) is 31.7 Å². The minimum absolute atomic E-state index is 0.00176. The van der Waals surface area contributed by atoms with Crippen molar-refractivity contribution < 1.29 is 38.3 Å². The summed E-state index contributed by atoms with van der Waals surface area (Å²) in [5.41, 5.74) is 3.18. The highest BCUT2D eigenvalue weighted by atomic mass is 16.7. The van der Waals surface area contributed by atoms with Gasteiger partial charge >= 0.3 is 6.09 Å². The summed E-state index contributed by atoms with van der Waals surface area (Å²) in [4.78, 5) is 16.6. The Balaban J connectivity index is 1.41. The smallest absolute Gasteiger partial charge is 0.418 e. The molecule has 10 heteroatoms. The Hall–Kier alpha value is -2.21. The lowest BCUT2D eigenvalue weighted by molar-refractivity contribution is -0.157. The second-order valence-electron chi connectivity index (χ2n) is 12.7. The largest absolute Gasteiger partial charge is 0.465 e. The van der Waals surface area contributed by atoms with E-state index in [9.17, 15) is 9.90 Å². The van der Waals surface area contributed by atoms with Crippen LogP contribution in [0.25, 0.3) is 10.9 Å². The number of nitrogens with zero attached hydrogens (tertiary/aromatic N) is 2. The molecule has 4 heterocycles. The second-order valence-corrected chi connectivity index (χ2v) is 12.7. The average Bonchev–Trinajstić information content (AvgIpc) is 3.30. The van der Waals surface area contributed by atoms with Crippen LogP contribution in [0.5, 0.6) is 5.75 Å². The summed E-state index contributed by atoms with van der Waals surface area (Å²) in [5, 5.41) is 10.6. The van der Waals surface area contributed by atoms with E-state index in [-0.39, 0.29) is 31.3 Å². The van der Waals surface area contributed by atoms with Gasteiger partial charge in [-0.25, -0.2) is 9.36 Å². The van der Waals surface area contributed by atoms with Crippen molar-refractivity contribution in [1.82, 2.24) is 9.47 Å². The first-order valence-electron chi connectivity index (χ1n) is 16.6. The van der Waals surface area contributed by atoms with Crippen molar-refractivity contribution in [2.24, 2.45) is 11.8 Å². The van der Waals surface area contributed by atoms with E-state index < -0.39 is 6.29 Å². The molecule has 1 aromatic heterocycles. The molecule has 1 N–H and O–H groups in total. The number of piperidine rings is 1. The molecule has 10 nitrogen and oxygen atoms in total. The molecule has 2 saturated heterocycles. The first-order valence-corrected chi connectivity index (χ1v) is 16.6. The molecule has 3 aliphatic heterocycles. The number of carbonyl (C=O) groups is 1. The van der Waals surface area contributed by atoms with Crippen molar-refractivity contribution in [1.29, 1.82) is 0 Å². The van der Waals surface area contributed by atoms with Crippen LogP contribution in [0.1, 0.15) is 70.1 Å². The van der Waals surface area contributed by atoms with Crippen molar-refractivity contribution in [2.45, 2.75) is 83.6 Å². The molecular formula is C34H52N2O8. The van der Waals surface area contributed by atoms with Crippen molar-refractivity contribution in [3.05, 3.63) is 29.5 Å². The summed E-state index contributed by atoms with van der Waals surface area (Å²) >= 11 is 0. The van der Waals surface area contributed by atoms with E-state index in [1.807, 2.05) is 16.7 Å². The lowest BCUT2D eigenvalue weighted by atomic mass is 9.76. The maximum absolute atomic E-state index is 13.9. The zero-order chi connectivity index (χ0) is 31.1. The number of aliphatic hydroxyl groups is 1. The van der Waals surface area contributed by atoms with Crippen LogP contribution in [0.15, 0.2) is 18.2 Å². The molecular weight excluding hydrogens is 564 g/mol. The van der Waals surface area contributed by atoms with Crippen LogP contribution in [0, 0.1) is 11.8 Å². The van der Waals surface area contributed by atoms with Gasteiger partial charge in [-0.1, -0.05) is 27.2 Å². The highest BCUT2D eigenvalue weighted by molar-refractivity contribution is 5.95. The van der Waals surface area contributed by atoms with Gasteiger partial charge in [-0.15, -0.1) is 0 Å². The lowest BCUT2D eigenvalue weighted by Gasteiger charge is -2.45.